The topological polar surface area (TPSA) is 51.7 Å². The van der Waals surface area contributed by atoms with Gasteiger partial charge in [-0.2, -0.15) is 0 Å². The molecule has 1 aromatic heterocycles. The fourth-order valence-corrected chi connectivity index (χ4v) is 1.88. The fourth-order valence-electron chi connectivity index (χ4n) is 1.88. The van der Waals surface area contributed by atoms with Gasteiger partial charge in [0.2, 0.25) is 0 Å². The summed E-state index contributed by atoms with van der Waals surface area (Å²) in [5.74, 6) is -0.895. The van der Waals surface area contributed by atoms with Gasteiger partial charge in [-0.05, 0) is 12.5 Å². The van der Waals surface area contributed by atoms with Gasteiger partial charge in [-0.25, -0.2) is 4.39 Å². The first-order valence-corrected chi connectivity index (χ1v) is 6.21. The summed E-state index contributed by atoms with van der Waals surface area (Å²) in [5.41, 5.74) is 0.0628. The van der Waals surface area contributed by atoms with Crippen molar-refractivity contribution < 1.29 is 18.7 Å². The zero-order valence-electron chi connectivity index (χ0n) is 10.8. The van der Waals surface area contributed by atoms with Crippen molar-refractivity contribution in [3.05, 3.63) is 29.8 Å². The van der Waals surface area contributed by atoms with Crippen LogP contribution in [0.15, 0.2) is 18.5 Å². The van der Waals surface area contributed by atoms with Gasteiger partial charge < -0.3 is 14.4 Å². The number of methoxy groups -OCH3 is 1. The van der Waals surface area contributed by atoms with Crippen LogP contribution < -0.4 is 0 Å². The summed E-state index contributed by atoms with van der Waals surface area (Å²) in [7, 11) is 1.65. The number of ether oxygens (including phenoxy) is 2. The summed E-state index contributed by atoms with van der Waals surface area (Å²) in [5, 5.41) is 0. The predicted molar refractivity (Wildman–Crippen MR) is 66.3 cm³/mol. The lowest BCUT2D eigenvalue weighted by atomic mass is 10.1. The number of aromatic nitrogens is 1. The van der Waals surface area contributed by atoms with Gasteiger partial charge in [-0.3, -0.25) is 9.78 Å². The molecule has 1 saturated heterocycles. The normalized spacial score (nSPS) is 15.4. The van der Waals surface area contributed by atoms with Gasteiger partial charge in [0, 0.05) is 39.6 Å². The molecular formula is C13H17FN2O3. The van der Waals surface area contributed by atoms with Crippen molar-refractivity contribution in [1.82, 2.24) is 9.88 Å². The Morgan fingerprint density at radius 1 is 1.53 bits per heavy atom. The number of halogens is 1. The van der Waals surface area contributed by atoms with Crippen molar-refractivity contribution in [3.8, 4) is 0 Å². The number of nitrogens with zero attached hydrogens (tertiary/aromatic N) is 2. The van der Waals surface area contributed by atoms with Gasteiger partial charge in [0.25, 0.3) is 5.91 Å². The molecule has 0 atom stereocenters. The minimum atomic E-state index is -0.586. The van der Waals surface area contributed by atoms with E-state index in [1.165, 1.54) is 12.3 Å². The van der Waals surface area contributed by atoms with Gasteiger partial charge in [-0.15, -0.1) is 0 Å². The molecule has 2 rings (SSSR count). The molecular weight excluding hydrogens is 251 g/mol. The first-order chi connectivity index (χ1) is 9.22. The van der Waals surface area contributed by atoms with Crippen LogP contribution in [0.3, 0.4) is 0 Å². The number of carbonyl (C=O) groups excluding carboxylic acids is 1. The molecule has 0 aliphatic carbocycles. The summed E-state index contributed by atoms with van der Waals surface area (Å²) >= 11 is 0. The van der Waals surface area contributed by atoms with Crippen molar-refractivity contribution in [1.29, 1.82) is 0 Å². The van der Waals surface area contributed by atoms with Crippen molar-refractivity contribution in [2.24, 2.45) is 0 Å². The average molecular weight is 268 g/mol. The fraction of sp³-hybridized carbons (Fsp3) is 0.538. The predicted octanol–water partition coefficient (Wildman–Crippen LogP) is 1.10. The Morgan fingerprint density at radius 2 is 2.32 bits per heavy atom. The number of rotatable bonds is 6. The van der Waals surface area contributed by atoms with Crippen LogP contribution in [0.5, 0.6) is 0 Å². The van der Waals surface area contributed by atoms with E-state index in [0.717, 1.165) is 12.6 Å². The molecule has 1 aromatic rings. The van der Waals surface area contributed by atoms with Gasteiger partial charge in [0.1, 0.15) is 0 Å². The molecule has 19 heavy (non-hydrogen) atoms. The van der Waals surface area contributed by atoms with E-state index < -0.39 is 5.82 Å². The standard InChI is InChI=1S/C13H17FN2O3/c1-18-5-2-6-19-10-8-16(9-10)13(17)11-3-4-15-7-12(11)14/h3-4,7,10H,2,5-6,8-9H2,1H3. The maximum absolute atomic E-state index is 13.4. The zero-order chi connectivity index (χ0) is 13.7. The Balaban J connectivity index is 1.75. The Kier molecular flexibility index (Phi) is 4.81. The highest BCUT2D eigenvalue weighted by Crippen LogP contribution is 2.17. The number of hydrogen-bond acceptors (Lipinski definition) is 4. The molecule has 0 bridgehead atoms. The zero-order valence-corrected chi connectivity index (χ0v) is 10.8. The molecule has 2 heterocycles. The highest BCUT2D eigenvalue weighted by molar-refractivity contribution is 5.94. The van der Waals surface area contributed by atoms with Crippen LogP contribution in [0.1, 0.15) is 16.8 Å². The summed E-state index contributed by atoms with van der Waals surface area (Å²) in [6.45, 7) is 2.29. The number of pyridine rings is 1. The van der Waals surface area contributed by atoms with E-state index in [4.69, 9.17) is 9.47 Å². The van der Waals surface area contributed by atoms with Crippen molar-refractivity contribution in [3.63, 3.8) is 0 Å². The van der Waals surface area contributed by atoms with Crippen LogP contribution in [-0.4, -0.2) is 55.3 Å². The average Bonchev–Trinajstić information content (AvgIpc) is 2.36. The third kappa shape index (κ3) is 3.48. The highest BCUT2D eigenvalue weighted by atomic mass is 19.1. The summed E-state index contributed by atoms with van der Waals surface area (Å²) in [4.78, 5) is 17.1. The second-order valence-electron chi connectivity index (χ2n) is 4.40. The Hall–Kier alpha value is -1.53. The highest BCUT2D eigenvalue weighted by Gasteiger charge is 2.32. The van der Waals surface area contributed by atoms with E-state index in [0.29, 0.717) is 26.3 Å². The molecule has 5 nitrogen and oxygen atoms in total. The Bertz CT molecular complexity index is 436. The van der Waals surface area contributed by atoms with Crippen molar-refractivity contribution in [2.75, 3.05) is 33.4 Å². The van der Waals surface area contributed by atoms with Gasteiger partial charge >= 0.3 is 0 Å². The second-order valence-corrected chi connectivity index (χ2v) is 4.40. The van der Waals surface area contributed by atoms with Crippen LogP contribution in [-0.2, 0) is 9.47 Å². The van der Waals surface area contributed by atoms with Crippen LogP contribution in [0.2, 0.25) is 0 Å². The van der Waals surface area contributed by atoms with Gasteiger partial charge in [0.05, 0.1) is 17.9 Å². The molecule has 0 saturated carbocycles. The lowest BCUT2D eigenvalue weighted by Gasteiger charge is -2.38. The Labute approximate surface area is 111 Å². The first-order valence-electron chi connectivity index (χ1n) is 6.21. The monoisotopic (exact) mass is 268 g/mol. The van der Waals surface area contributed by atoms with Crippen LogP contribution >= 0.6 is 0 Å². The molecule has 0 aromatic carbocycles. The van der Waals surface area contributed by atoms with Crippen molar-refractivity contribution in [2.45, 2.75) is 12.5 Å². The minimum absolute atomic E-state index is 0.0469. The van der Waals surface area contributed by atoms with E-state index in [9.17, 15) is 9.18 Å². The largest absolute Gasteiger partial charge is 0.385 e. The van der Waals surface area contributed by atoms with Crippen LogP contribution in [0, 0.1) is 5.82 Å². The van der Waals surface area contributed by atoms with E-state index >= 15 is 0 Å². The van der Waals surface area contributed by atoms with E-state index in [2.05, 4.69) is 4.98 Å². The van der Waals surface area contributed by atoms with E-state index in [1.54, 1.807) is 12.0 Å². The Morgan fingerprint density at radius 3 is 3.00 bits per heavy atom. The smallest absolute Gasteiger partial charge is 0.257 e. The molecule has 0 radical (unpaired) electrons. The molecule has 0 N–H and O–H groups in total. The molecule has 0 spiro atoms. The maximum Gasteiger partial charge on any atom is 0.257 e. The van der Waals surface area contributed by atoms with Gasteiger partial charge in [0.15, 0.2) is 5.82 Å². The van der Waals surface area contributed by atoms with E-state index in [1.807, 2.05) is 0 Å². The van der Waals surface area contributed by atoms with E-state index in [-0.39, 0.29) is 17.6 Å². The number of likely N-dealkylation sites (tertiary alicyclic amines) is 1. The number of hydrogen-bond donors (Lipinski definition) is 0. The molecule has 0 unspecified atom stereocenters. The summed E-state index contributed by atoms with van der Waals surface area (Å²) in [6, 6.07) is 1.39. The van der Waals surface area contributed by atoms with Crippen LogP contribution in [0.4, 0.5) is 4.39 Å². The SMILES string of the molecule is COCCCOC1CN(C(=O)c2ccncc2F)C1. The molecule has 6 heteroatoms. The summed E-state index contributed by atoms with van der Waals surface area (Å²) < 4.78 is 23.9. The minimum Gasteiger partial charge on any atom is -0.385 e. The maximum atomic E-state index is 13.4. The summed E-state index contributed by atoms with van der Waals surface area (Å²) in [6.07, 6.45) is 3.34. The molecule has 1 aliphatic rings. The second kappa shape index (κ2) is 6.58. The van der Waals surface area contributed by atoms with Gasteiger partial charge in [-0.1, -0.05) is 0 Å². The van der Waals surface area contributed by atoms with Crippen LogP contribution in [0.25, 0.3) is 0 Å². The third-order valence-electron chi connectivity index (χ3n) is 2.98. The van der Waals surface area contributed by atoms with Crippen molar-refractivity contribution >= 4 is 5.91 Å². The lowest BCUT2D eigenvalue weighted by molar-refractivity contribution is -0.0466. The first kappa shape index (κ1) is 13.9. The quantitative estimate of drug-likeness (QED) is 0.725. The number of carbonyl (C=O) groups is 1. The third-order valence-corrected chi connectivity index (χ3v) is 2.98. The molecule has 1 amide bonds. The number of amides is 1. The molecule has 104 valence electrons. The molecule has 1 aliphatic heterocycles. The molecule has 1 fully saturated rings. The lowest BCUT2D eigenvalue weighted by Crippen LogP contribution is -2.55.